The van der Waals surface area contributed by atoms with Crippen LogP contribution in [0, 0.1) is 30.6 Å². The highest BCUT2D eigenvalue weighted by atomic mass is 16.7. The third-order valence-electron chi connectivity index (χ3n) is 13.6. The Kier molecular flexibility index (Phi) is 17.3. The van der Waals surface area contributed by atoms with Crippen molar-refractivity contribution in [2.45, 2.75) is 149 Å². The SMILES string of the molecule is CC[C@H]1OC(=O)[C@H](C)C(=O)[C@H](C)[C@@H](O[C@@H]2O[C@H](C)C[C@H](N(C)C)[C@H]2O)[C@@]2(C)C[C@@H](C)C(=NC(C)=O)[C@H](C)[C@@H](OCC(=NOCc3ccc4oc(N)nc4c3)CO2)[C@]1(C)O.Cc1ccc2oc(N)nc2c1. The molecule has 20 nitrogen and oxygen atoms in total. The van der Waals surface area contributed by atoms with Crippen LogP contribution in [0.4, 0.5) is 12.0 Å². The van der Waals surface area contributed by atoms with E-state index in [-0.39, 0.29) is 62.5 Å². The van der Waals surface area contributed by atoms with E-state index in [2.05, 4.69) is 20.1 Å². The van der Waals surface area contributed by atoms with Crippen LogP contribution < -0.4 is 11.5 Å². The minimum atomic E-state index is -1.86. The molecule has 6 N–H and O–H groups in total. The van der Waals surface area contributed by atoms with Gasteiger partial charge in [0.2, 0.25) is 5.91 Å². The Bertz CT molecular complexity index is 2540. The fourth-order valence-corrected chi connectivity index (χ4v) is 9.94. The minimum absolute atomic E-state index is 0.0264. The van der Waals surface area contributed by atoms with Gasteiger partial charge in [-0.1, -0.05) is 45.0 Å². The van der Waals surface area contributed by atoms with E-state index in [1.54, 1.807) is 45.9 Å². The summed E-state index contributed by atoms with van der Waals surface area (Å²) in [5, 5.41) is 28.5. The van der Waals surface area contributed by atoms with E-state index < -0.39 is 83.2 Å². The van der Waals surface area contributed by atoms with Gasteiger partial charge in [0, 0.05) is 30.5 Å². The topological polar surface area (TPSA) is 279 Å². The first kappa shape index (κ1) is 54.0. The van der Waals surface area contributed by atoms with E-state index in [1.807, 2.05) is 58.0 Å². The van der Waals surface area contributed by atoms with E-state index >= 15 is 0 Å². The number of oxime groups is 1. The number of amides is 1. The largest absolute Gasteiger partial charge is 0.459 e. The molecular weight excluding hydrogens is 907 g/mol. The Balaban J connectivity index is 0.000000635. The fourth-order valence-electron chi connectivity index (χ4n) is 9.94. The summed E-state index contributed by atoms with van der Waals surface area (Å²) in [5.74, 6) is -5.38. The molecule has 0 aliphatic carbocycles. The van der Waals surface area contributed by atoms with Crippen molar-refractivity contribution in [3.8, 4) is 0 Å². The normalized spacial score (nSPS) is 33.8. The summed E-state index contributed by atoms with van der Waals surface area (Å²) in [5.41, 5.74) is 13.0. The number of hydrogen-bond donors (Lipinski definition) is 4. The molecule has 1 amide bonds. The Morgan fingerprint density at radius 3 is 2.23 bits per heavy atom. The summed E-state index contributed by atoms with van der Waals surface area (Å²) < 4.78 is 42.9. The smallest absolute Gasteiger partial charge is 0.316 e. The lowest BCUT2D eigenvalue weighted by Gasteiger charge is -2.47. The van der Waals surface area contributed by atoms with E-state index in [0.29, 0.717) is 23.2 Å². The number of carbonyl (C=O) groups excluding carboxylic acids is 3. The molecule has 384 valence electrons. The van der Waals surface area contributed by atoms with Crippen molar-refractivity contribution >= 4 is 63.3 Å². The molecule has 2 bridgehead atoms. The molecule has 7 rings (SSSR count). The molecule has 2 aromatic carbocycles. The molecule has 3 fully saturated rings. The van der Waals surface area contributed by atoms with Crippen molar-refractivity contribution in [2.24, 2.45) is 33.8 Å². The number of aliphatic hydroxyl groups is 2. The average Bonchev–Trinajstić information content (AvgIpc) is 3.86. The number of benzene rings is 2. The van der Waals surface area contributed by atoms with Gasteiger partial charge in [0.25, 0.3) is 12.0 Å². The third-order valence-corrected chi connectivity index (χ3v) is 13.6. The molecule has 2 aromatic heterocycles. The van der Waals surface area contributed by atoms with Gasteiger partial charge in [-0.25, -0.2) is 4.99 Å². The van der Waals surface area contributed by atoms with Gasteiger partial charge in [-0.2, -0.15) is 9.97 Å². The van der Waals surface area contributed by atoms with E-state index in [4.69, 9.17) is 48.8 Å². The van der Waals surface area contributed by atoms with Crippen molar-refractivity contribution in [1.82, 2.24) is 14.9 Å². The number of anilines is 2. The maximum atomic E-state index is 14.5. The second kappa shape index (κ2) is 22.4. The van der Waals surface area contributed by atoms with Crippen LogP contribution in [0.5, 0.6) is 0 Å². The lowest BCUT2D eigenvalue weighted by Crippen LogP contribution is -2.60. The van der Waals surface area contributed by atoms with Crippen LogP contribution in [0.1, 0.15) is 92.7 Å². The Hall–Kier alpha value is -5.35. The molecule has 20 heteroatoms. The summed E-state index contributed by atoms with van der Waals surface area (Å²) >= 11 is 0. The van der Waals surface area contributed by atoms with Gasteiger partial charge < -0.3 is 63.9 Å². The summed E-state index contributed by atoms with van der Waals surface area (Å²) in [6.07, 6.45) is -5.20. The Morgan fingerprint density at radius 2 is 1.60 bits per heavy atom. The van der Waals surface area contributed by atoms with E-state index in [0.717, 1.165) is 22.2 Å². The monoisotopic (exact) mass is 978 g/mol. The van der Waals surface area contributed by atoms with Crippen LogP contribution in [0.3, 0.4) is 0 Å². The summed E-state index contributed by atoms with van der Waals surface area (Å²) in [4.78, 5) is 61.6. The number of cyclic esters (lactones) is 1. The van der Waals surface area contributed by atoms with Crippen molar-refractivity contribution in [2.75, 3.05) is 38.8 Å². The number of aromatic nitrogens is 2. The van der Waals surface area contributed by atoms with Gasteiger partial charge in [-0.05, 0) is 109 Å². The molecule has 5 heterocycles. The number of aryl methyl sites for hydroxylation is 1. The zero-order chi connectivity index (χ0) is 51.4. The number of Topliss-reactive ketones (excluding diaryl/α,β-unsaturated/α-hetero) is 1. The number of nitrogens with two attached hydrogens (primary N) is 2. The van der Waals surface area contributed by atoms with Crippen LogP contribution in [-0.4, -0.2) is 136 Å². The standard InChI is InChI=1S/C42H63N5O12.C8H8N2O/c1-12-32-42(9,52)37-23(4)33(44-26(7)48)21(2)17-41(8,54-20-28(19-53-37)46-55-18-27-13-14-31-29(16-27)45-40(43)57-31)36(24(5)34(49)25(6)38(51)58-32)59-39-35(50)30(47(10)11)15-22(3)56-39;1-5-2-3-7-6(4-5)10-8(9)11-7/h13-14,16,21-25,30,32,35-37,39,50,52H,12,15,17-20H2,1-11H3,(H2,43,45);2-4H,1H3,(H2,9,10)/t21-,22-,23+,24+,25-,30+,32-,35-,36-,37-,39+,41-,42-;/m1./s1. The molecule has 3 aliphatic rings. The van der Waals surface area contributed by atoms with Crippen LogP contribution in [-0.2, 0) is 49.5 Å². The molecule has 0 spiro atoms. The number of fused-ring (bicyclic) bond motifs is 7. The van der Waals surface area contributed by atoms with Gasteiger partial charge in [0.15, 0.2) is 23.2 Å². The lowest BCUT2D eigenvalue weighted by molar-refractivity contribution is -0.296. The first-order valence-corrected chi connectivity index (χ1v) is 23.8. The highest BCUT2D eigenvalue weighted by Crippen LogP contribution is 2.40. The maximum Gasteiger partial charge on any atom is 0.316 e. The number of ketones is 1. The molecule has 0 saturated carbocycles. The number of hydrogen-bond acceptors (Lipinski definition) is 19. The molecular formula is C50H71N7O13. The van der Waals surface area contributed by atoms with Gasteiger partial charge in [-0.3, -0.25) is 14.4 Å². The van der Waals surface area contributed by atoms with E-state index in [9.17, 15) is 24.6 Å². The van der Waals surface area contributed by atoms with Crippen LogP contribution in [0.25, 0.3) is 22.2 Å². The number of ether oxygens (including phenoxy) is 5. The quantitative estimate of drug-likeness (QED) is 0.100. The number of carbonyl (C=O) groups is 3. The van der Waals surface area contributed by atoms with Crippen LogP contribution in [0.2, 0.25) is 0 Å². The molecule has 3 aliphatic heterocycles. The van der Waals surface area contributed by atoms with Crippen molar-refractivity contribution in [1.29, 1.82) is 0 Å². The number of nitrogen functional groups attached to an aromatic ring is 2. The average molecular weight is 978 g/mol. The lowest BCUT2D eigenvalue weighted by atomic mass is 9.73. The van der Waals surface area contributed by atoms with Gasteiger partial charge in [0.1, 0.15) is 47.1 Å². The molecule has 0 radical (unpaired) electrons. The molecule has 3 saturated heterocycles. The van der Waals surface area contributed by atoms with Crippen molar-refractivity contribution in [3.63, 3.8) is 0 Å². The number of rotatable bonds is 7. The van der Waals surface area contributed by atoms with Crippen molar-refractivity contribution < 1.29 is 62.0 Å². The summed E-state index contributed by atoms with van der Waals surface area (Å²) in [6.45, 7) is 16.7. The number of likely N-dealkylation sites (N-methyl/N-ethyl adjacent to an activating group) is 1. The number of oxazole rings is 2. The third kappa shape index (κ3) is 12.4. The van der Waals surface area contributed by atoms with Gasteiger partial charge in [0.05, 0.1) is 37.1 Å². The summed E-state index contributed by atoms with van der Waals surface area (Å²) in [6, 6.07) is 11.0. The van der Waals surface area contributed by atoms with Gasteiger partial charge >= 0.3 is 5.97 Å². The van der Waals surface area contributed by atoms with E-state index in [1.165, 1.54) is 20.8 Å². The number of aliphatic hydroxyl groups excluding tert-OH is 1. The van der Waals surface area contributed by atoms with Crippen LogP contribution in [0.15, 0.2) is 55.4 Å². The Morgan fingerprint density at radius 1 is 0.957 bits per heavy atom. The molecule has 0 unspecified atom stereocenters. The molecule has 4 aromatic rings. The number of nitrogens with zero attached hydrogens (tertiary/aromatic N) is 5. The second-order valence-corrected chi connectivity index (χ2v) is 19.7. The summed E-state index contributed by atoms with van der Waals surface area (Å²) in [7, 11) is 3.72. The zero-order valence-electron chi connectivity index (χ0n) is 42.3. The highest BCUT2D eigenvalue weighted by Gasteiger charge is 2.53. The van der Waals surface area contributed by atoms with Gasteiger partial charge in [-0.15, -0.1) is 0 Å². The predicted octanol–water partition coefficient (Wildman–Crippen LogP) is 5.56. The molecule has 70 heavy (non-hydrogen) atoms. The molecule has 13 atom stereocenters. The predicted molar refractivity (Wildman–Crippen MR) is 260 cm³/mol. The fraction of sp³-hybridized carbons (Fsp3) is 0.620. The maximum absolute atomic E-state index is 14.5. The zero-order valence-corrected chi connectivity index (χ0v) is 42.3. The second-order valence-electron chi connectivity index (χ2n) is 19.7. The number of esters is 1. The first-order valence-electron chi connectivity index (χ1n) is 23.8. The van der Waals surface area contributed by atoms with Crippen molar-refractivity contribution in [3.05, 3.63) is 47.5 Å². The number of aliphatic imine (C=N–C) groups is 1. The Labute approximate surface area is 408 Å². The first-order chi connectivity index (χ1) is 32.9. The highest BCUT2D eigenvalue weighted by molar-refractivity contribution is 6.00. The van der Waals surface area contributed by atoms with Crippen LogP contribution >= 0.6 is 0 Å². The minimum Gasteiger partial charge on any atom is -0.459 e.